The number of hydrogen-bond acceptors (Lipinski definition) is 4. The van der Waals surface area contributed by atoms with Crippen molar-refractivity contribution in [3.63, 3.8) is 0 Å². The van der Waals surface area contributed by atoms with Crippen LogP contribution in [-0.4, -0.2) is 6.61 Å². The molecular weight excluding hydrogens is 251 g/mol. The van der Waals surface area contributed by atoms with Gasteiger partial charge in [0, 0.05) is 5.56 Å². The SMILES string of the molecule is C=C(OP(=O)([O-])OCC(C)(C)C)c1ccccc1. The molecule has 4 nitrogen and oxygen atoms in total. The van der Waals surface area contributed by atoms with Gasteiger partial charge in [0.1, 0.15) is 5.76 Å². The van der Waals surface area contributed by atoms with Crippen LogP contribution in [0.3, 0.4) is 0 Å². The van der Waals surface area contributed by atoms with Gasteiger partial charge in [-0.3, -0.25) is 4.57 Å². The van der Waals surface area contributed by atoms with E-state index < -0.39 is 7.82 Å². The highest BCUT2D eigenvalue weighted by Gasteiger charge is 2.18. The molecule has 18 heavy (non-hydrogen) atoms. The topological polar surface area (TPSA) is 58.6 Å². The summed E-state index contributed by atoms with van der Waals surface area (Å²) in [6, 6.07) is 8.80. The number of hydrogen-bond donors (Lipinski definition) is 0. The minimum Gasteiger partial charge on any atom is -0.746 e. The van der Waals surface area contributed by atoms with Crippen molar-refractivity contribution < 1.29 is 18.5 Å². The van der Waals surface area contributed by atoms with Gasteiger partial charge in [-0.15, -0.1) is 0 Å². The van der Waals surface area contributed by atoms with E-state index >= 15 is 0 Å². The molecule has 1 aromatic rings. The predicted molar refractivity (Wildman–Crippen MR) is 69.6 cm³/mol. The molecule has 1 unspecified atom stereocenters. The first-order valence-corrected chi connectivity index (χ1v) is 7.05. The largest absolute Gasteiger partial charge is 0.746 e. The van der Waals surface area contributed by atoms with Gasteiger partial charge >= 0.3 is 7.82 Å². The Kier molecular flexibility index (Phi) is 4.74. The van der Waals surface area contributed by atoms with Crippen LogP contribution >= 0.6 is 7.82 Å². The fourth-order valence-corrected chi connectivity index (χ4v) is 2.08. The number of phosphoric ester groups is 1. The molecule has 0 aliphatic rings. The maximum absolute atomic E-state index is 11.6. The fraction of sp³-hybridized carbons (Fsp3) is 0.385. The summed E-state index contributed by atoms with van der Waals surface area (Å²) < 4.78 is 21.2. The fourth-order valence-electron chi connectivity index (χ4n) is 1.11. The van der Waals surface area contributed by atoms with Crippen molar-refractivity contribution in [1.29, 1.82) is 0 Å². The number of benzene rings is 1. The van der Waals surface area contributed by atoms with Crippen molar-refractivity contribution in [2.75, 3.05) is 6.61 Å². The standard InChI is InChI=1S/C13H19O4P/c1-11(12-8-6-5-7-9-12)17-18(14,15)16-10-13(2,3)4/h5-9H,1,10H2,2-4H3,(H,14,15)/p-1. The normalized spacial score (nSPS) is 14.9. The summed E-state index contributed by atoms with van der Waals surface area (Å²) in [5.74, 6) is 0.0582. The van der Waals surface area contributed by atoms with Crippen LogP contribution in [0.1, 0.15) is 26.3 Å². The molecule has 100 valence electrons. The molecule has 0 bridgehead atoms. The Balaban J connectivity index is 2.61. The van der Waals surface area contributed by atoms with Crippen molar-refractivity contribution in [1.82, 2.24) is 0 Å². The van der Waals surface area contributed by atoms with E-state index in [2.05, 4.69) is 6.58 Å². The van der Waals surface area contributed by atoms with E-state index in [-0.39, 0.29) is 17.8 Å². The van der Waals surface area contributed by atoms with Crippen molar-refractivity contribution in [2.45, 2.75) is 20.8 Å². The van der Waals surface area contributed by atoms with E-state index in [1.807, 2.05) is 26.8 Å². The summed E-state index contributed by atoms with van der Waals surface area (Å²) in [5, 5.41) is 0. The highest BCUT2D eigenvalue weighted by Crippen LogP contribution is 2.44. The van der Waals surface area contributed by atoms with E-state index in [0.29, 0.717) is 5.56 Å². The zero-order valence-electron chi connectivity index (χ0n) is 10.9. The van der Waals surface area contributed by atoms with E-state index in [0.717, 1.165) is 0 Å². The van der Waals surface area contributed by atoms with E-state index in [1.165, 1.54) is 0 Å². The van der Waals surface area contributed by atoms with Crippen molar-refractivity contribution in [3.05, 3.63) is 42.5 Å². The molecule has 0 heterocycles. The van der Waals surface area contributed by atoms with Crippen LogP contribution in [0.4, 0.5) is 0 Å². The van der Waals surface area contributed by atoms with Crippen molar-refractivity contribution in [2.24, 2.45) is 5.41 Å². The summed E-state index contributed by atoms with van der Waals surface area (Å²) in [7, 11) is -4.36. The first kappa shape index (κ1) is 15.0. The molecule has 0 fully saturated rings. The van der Waals surface area contributed by atoms with Crippen LogP contribution in [0.25, 0.3) is 5.76 Å². The molecule has 0 saturated carbocycles. The quantitative estimate of drug-likeness (QED) is 0.608. The van der Waals surface area contributed by atoms with Crippen molar-refractivity contribution in [3.8, 4) is 0 Å². The first-order chi connectivity index (χ1) is 8.20. The van der Waals surface area contributed by atoms with Crippen LogP contribution in [0.5, 0.6) is 0 Å². The summed E-state index contributed by atoms with van der Waals surface area (Å²) in [6.45, 7) is 9.27. The Morgan fingerprint density at radius 2 is 1.89 bits per heavy atom. The Morgan fingerprint density at radius 1 is 1.33 bits per heavy atom. The third-order valence-electron chi connectivity index (χ3n) is 1.97. The molecular formula is C13H18O4P-. The van der Waals surface area contributed by atoms with Gasteiger partial charge in [-0.1, -0.05) is 57.7 Å². The third kappa shape index (κ3) is 5.50. The van der Waals surface area contributed by atoms with Gasteiger partial charge < -0.3 is 13.9 Å². The Labute approximate surface area is 108 Å². The lowest BCUT2D eigenvalue weighted by molar-refractivity contribution is -0.221. The lowest BCUT2D eigenvalue weighted by Gasteiger charge is -2.28. The molecule has 1 rings (SSSR count). The smallest absolute Gasteiger partial charge is 0.319 e. The summed E-state index contributed by atoms with van der Waals surface area (Å²) in [4.78, 5) is 11.6. The van der Waals surface area contributed by atoms with Crippen LogP contribution in [0.15, 0.2) is 36.9 Å². The molecule has 0 aliphatic carbocycles. The summed E-state index contributed by atoms with van der Waals surface area (Å²) in [5.41, 5.74) is 0.352. The molecule has 5 heteroatoms. The molecule has 0 saturated heterocycles. The summed E-state index contributed by atoms with van der Waals surface area (Å²) >= 11 is 0. The molecule has 0 spiro atoms. The van der Waals surface area contributed by atoms with Crippen LogP contribution in [0.2, 0.25) is 0 Å². The Hall–Kier alpha value is -1.09. The maximum atomic E-state index is 11.6. The second-order valence-electron chi connectivity index (χ2n) is 5.16. The van der Waals surface area contributed by atoms with Gasteiger partial charge in [-0.05, 0) is 5.41 Å². The van der Waals surface area contributed by atoms with Crippen LogP contribution < -0.4 is 4.89 Å². The highest BCUT2D eigenvalue weighted by molar-refractivity contribution is 7.46. The predicted octanol–water partition coefficient (Wildman–Crippen LogP) is 3.21. The van der Waals surface area contributed by atoms with Gasteiger partial charge in [0.2, 0.25) is 0 Å². The monoisotopic (exact) mass is 269 g/mol. The van der Waals surface area contributed by atoms with Gasteiger partial charge in [-0.2, -0.15) is 0 Å². The molecule has 0 aliphatic heterocycles. The Morgan fingerprint density at radius 3 is 2.39 bits per heavy atom. The lowest BCUT2D eigenvalue weighted by atomic mass is 9.99. The van der Waals surface area contributed by atoms with Gasteiger partial charge in [0.05, 0.1) is 6.61 Å². The van der Waals surface area contributed by atoms with E-state index in [4.69, 9.17) is 9.05 Å². The number of rotatable bonds is 5. The van der Waals surface area contributed by atoms with Gasteiger partial charge in [0.25, 0.3) is 0 Å². The molecule has 0 radical (unpaired) electrons. The molecule has 0 aromatic heterocycles. The minimum atomic E-state index is -4.36. The van der Waals surface area contributed by atoms with Gasteiger partial charge in [-0.25, -0.2) is 0 Å². The van der Waals surface area contributed by atoms with Gasteiger partial charge in [0.15, 0.2) is 0 Å². The van der Waals surface area contributed by atoms with Crippen LogP contribution in [-0.2, 0) is 13.6 Å². The molecule has 0 amide bonds. The van der Waals surface area contributed by atoms with Crippen LogP contribution in [0, 0.1) is 5.41 Å². The first-order valence-electron chi connectivity index (χ1n) is 5.59. The zero-order valence-corrected chi connectivity index (χ0v) is 11.8. The summed E-state index contributed by atoms with van der Waals surface area (Å²) in [6.07, 6.45) is 0. The Bertz CT molecular complexity index is 448. The van der Waals surface area contributed by atoms with E-state index in [1.54, 1.807) is 24.3 Å². The minimum absolute atomic E-state index is 0.0582. The number of phosphoric acid groups is 1. The molecule has 1 aromatic carbocycles. The molecule has 0 N–H and O–H groups in total. The second-order valence-corrected chi connectivity index (χ2v) is 6.50. The lowest BCUT2D eigenvalue weighted by Crippen LogP contribution is -2.17. The van der Waals surface area contributed by atoms with Crippen molar-refractivity contribution >= 4 is 13.6 Å². The van der Waals surface area contributed by atoms with E-state index in [9.17, 15) is 9.46 Å². The highest BCUT2D eigenvalue weighted by atomic mass is 31.2. The second kappa shape index (κ2) is 5.70. The average molecular weight is 269 g/mol. The average Bonchev–Trinajstić information content (AvgIpc) is 2.26. The zero-order chi connectivity index (χ0) is 13.8. The molecule has 1 atom stereocenters. The third-order valence-corrected chi connectivity index (χ3v) is 2.86. The maximum Gasteiger partial charge on any atom is 0.319 e.